The largest absolute Gasteiger partial charge is 0.493 e. The summed E-state index contributed by atoms with van der Waals surface area (Å²) in [5.74, 6) is 1.36. The van der Waals surface area contributed by atoms with Crippen LogP contribution in [0.15, 0.2) is 54.6 Å². The van der Waals surface area contributed by atoms with Crippen molar-refractivity contribution in [3.8, 4) is 11.5 Å². The Morgan fingerprint density at radius 3 is 2.36 bits per heavy atom. The molecule has 0 saturated heterocycles. The molecule has 0 atom stereocenters. The molecule has 0 heterocycles. The standard InChI is InChI=1S/C19H20O3/c1-4-22-19-13-16(10-11-18(19)21-3)17(12-14(2)20)15-8-6-5-7-9-15/h5-13H,4H2,1-3H3/b17-12+. The van der Waals surface area contributed by atoms with Crippen LogP contribution in [0.4, 0.5) is 0 Å². The highest BCUT2D eigenvalue weighted by atomic mass is 16.5. The average Bonchev–Trinajstić information content (AvgIpc) is 2.53. The van der Waals surface area contributed by atoms with Crippen LogP contribution in [-0.4, -0.2) is 19.5 Å². The smallest absolute Gasteiger partial charge is 0.161 e. The molecule has 114 valence electrons. The third-order valence-corrected chi connectivity index (χ3v) is 3.21. The molecule has 0 amide bonds. The highest BCUT2D eigenvalue weighted by Crippen LogP contribution is 2.33. The SMILES string of the molecule is CCOc1cc(/C(=C/C(C)=O)c2ccccc2)ccc1OC. The van der Waals surface area contributed by atoms with Gasteiger partial charge in [0, 0.05) is 0 Å². The van der Waals surface area contributed by atoms with Crippen LogP contribution in [0.5, 0.6) is 11.5 Å². The first-order valence-corrected chi connectivity index (χ1v) is 7.24. The molecule has 0 aliphatic rings. The molecule has 0 unspecified atom stereocenters. The van der Waals surface area contributed by atoms with Crippen LogP contribution in [0.25, 0.3) is 5.57 Å². The summed E-state index contributed by atoms with van der Waals surface area (Å²) in [7, 11) is 1.61. The van der Waals surface area contributed by atoms with Crippen LogP contribution in [0.2, 0.25) is 0 Å². The molecular formula is C19H20O3. The molecule has 2 aromatic rings. The van der Waals surface area contributed by atoms with Crippen molar-refractivity contribution >= 4 is 11.4 Å². The highest BCUT2D eigenvalue weighted by molar-refractivity contribution is 5.99. The van der Waals surface area contributed by atoms with Crippen LogP contribution < -0.4 is 9.47 Å². The predicted molar refractivity (Wildman–Crippen MR) is 88.4 cm³/mol. The number of hydrogen-bond donors (Lipinski definition) is 0. The maximum absolute atomic E-state index is 11.6. The summed E-state index contributed by atoms with van der Waals surface area (Å²) >= 11 is 0. The summed E-state index contributed by atoms with van der Waals surface area (Å²) in [6.45, 7) is 4.03. The number of allylic oxidation sites excluding steroid dienone is 1. The van der Waals surface area contributed by atoms with Crippen molar-refractivity contribution < 1.29 is 14.3 Å². The normalized spacial score (nSPS) is 11.1. The second kappa shape index (κ2) is 7.46. The Balaban J connectivity index is 2.53. The monoisotopic (exact) mass is 296 g/mol. The van der Waals surface area contributed by atoms with Crippen LogP contribution in [0.3, 0.4) is 0 Å². The first-order valence-electron chi connectivity index (χ1n) is 7.24. The van der Waals surface area contributed by atoms with Gasteiger partial charge >= 0.3 is 0 Å². The lowest BCUT2D eigenvalue weighted by atomic mass is 9.96. The molecule has 0 spiro atoms. The van der Waals surface area contributed by atoms with Gasteiger partial charge in [-0.05, 0) is 48.8 Å². The van der Waals surface area contributed by atoms with Crippen molar-refractivity contribution in [2.75, 3.05) is 13.7 Å². The Morgan fingerprint density at radius 2 is 1.77 bits per heavy atom. The van der Waals surface area contributed by atoms with E-state index in [1.165, 1.54) is 0 Å². The highest BCUT2D eigenvalue weighted by Gasteiger charge is 2.11. The van der Waals surface area contributed by atoms with Crippen molar-refractivity contribution in [2.45, 2.75) is 13.8 Å². The van der Waals surface area contributed by atoms with Crippen LogP contribution in [0, 0.1) is 0 Å². The Hall–Kier alpha value is -2.55. The lowest BCUT2D eigenvalue weighted by Gasteiger charge is -2.13. The molecule has 2 aromatic carbocycles. The summed E-state index contributed by atoms with van der Waals surface area (Å²) in [4.78, 5) is 11.6. The van der Waals surface area contributed by atoms with Crippen molar-refractivity contribution in [3.05, 3.63) is 65.7 Å². The van der Waals surface area contributed by atoms with E-state index in [2.05, 4.69) is 0 Å². The van der Waals surface area contributed by atoms with Gasteiger partial charge < -0.3 is 9.47 Å². The van der Waals surface area contributed by atoms with Crippen molar-refractivity contribution in [3.63, 3.8) is 0 Å². The predicted octanol–water partition coefficient (Wildman–Crippen LogP) is 4.11. The Morgan fingerprint density at radius 1 is 1.05 bits per heavy atom. The van der Waals surface area contributed by atoms with E-state index in [1.807, 2.05) is 55.5 Å². The number of benzene rings is 2. The maximum atomic E-state index is 11.6. The molecule has 0 saturated carbocycles. The Labute approximate surface area is 131 Å². The fraction of sp³-hybridized carbons (Fsp3) is 0.211. The van der Waals surface area contributed by atoms with E-state index in [0.29, 0.717) is 18.1 Å². The second-order valence-corrected chi connectivity index (χ2v) is 4.83. The van der Waals surface area contributed by atoms with E-state index in [9.17, 15) is 4.79 Å². The summed E-state index contributed by atoms with van der Waals surface area (Å²) in [6, 6.07) is 15.5. The fourth-order valence-corrected chi connectivity index (χ4v) is 2.27. The van der Waals surface area contributed by atoms with Gasteiger partial charge in [0.2, 0.25) is 0 Å². The number of carbonyl (C=O) groups is 1. The van der Waals surface area contributed by atoms with Gasteiger partial charge in [0.05, 0.1) is 13.7 Å². The summed E-state index contributed by atoms with van der Waals surface area (Å²) in [5.41, 5.74) is 2.78. The molecule has 0 aromatic heterocycles. The van der Waals surface area contributed by atoms with E-state index in [4.69, 9.17) is 9.47 Å². The van der Waals surface area contributed by atoms with Crippen LogP contribution in [-0.2, 0) is 4.79 Å². The number of ether oxygens (including phenoxy) is 2. The number of hydrogen-bond acceptors (Lipinski definition) is 3. The molecule has 0 radical (unpaired) electrons. The quantitative estimate of drug-likeness (QED) is 0.752. The number of rotatable bonds is 6. The van der Waals surface area contributed by atoms with Gasteiger partial charge in [0.25, 0.3) is 0 Å². The number of methoxy groups -OCH3 is 1. The van der Waals surface area contributed by atoms with Crippen molar-refractivity contribution in [1.82, 2.24) is 0 Å². The maximum Gasteiger partial charge on any atom is 0.161 e. The first kappa shape index (κ1) is 15.8. The number of ketones is 1. The number of carbonyl (C=O) groups excluding carboxylic acids is 1. The third-order valence-electron chi connectivity index (χ3n) is 3.21. The molecule has 2 rings (SSSR count). The van der Waals surface area contributed by atoms with Gasteiger partial charge in [-0.1, -0.05) is 36.4 Å². The van der Waals surface area contributed by atoms with E-state index < -0.39 is 0 Å². The molecule has 0 aliphatic heterocycles. The van der Waals surface area contributed by atoms with Crippen molar-refractivity contribution in [2.24, 2.45) is 0 Å². The Kier molecular flexibility index (Phi) is 5.37. The summed E-state index contributed by atoms with van der Waals surface area (Å²) in [6.07, 6.45) is 1.65. The minimum absolute atomic E-state index is 0.00707. The fourth-order valence-electron chi connectivity index (χ4n) is 2.27. The topological polar surface area (TPSA) is 35.5 Å². The molecule has 0 fully saturated rings. The lowest BCUT2D eigenvalue weighted by Crippen LogP contribution is -1.98. The molecule has 22 heavy (non-hydrogen) atoms. The van der Waals surface area contributed by atoms with Crippen LogP contribution >= 0.6 is 0 Å². The Bertz CT molecular complexity index is 672. The molecule has 3 heteroatoms. The van der Waals surface area contributed by atoms with Crippen LogP contribution in [0.1, 0.15) is 25.0 Å². The zero-order valence-corrected chi connectivity index (χ0v) is 13.1. The van der Waals surface area contributed by atoms with E-state index in [-0.39, 0.29) is 5.78 Å². The zero-order valence-electron chi connectivity index (χ0n) is 13.1. The minimum atomic E-state index is 0.00707. The molecule has 0 bridgehead atoms. The summed E-state index contributed by atoms with van der Waals surface area (Å²) in [5, 5.41) is 0. The molecule has 0 N–H and O–H groups in total. The minimum Gasteiger partial charge on any atom is -0.493 e. The van der Waals surface area contributed by atoms with Gasteiger partial charge in [-0.3, -0.25) is 4.79 Å². The van der Waals surface area contributed by atoms with Gasteiger partial charge in [-0.25, -0.2) is 0 Å². The molecular weight excluding hydrogens is 276 g/mol. The average molecular weight is 296 g/mol. The molecule has 0 aliphatic carbocycles. The second-order valence-electron chi connectivity index (χ2n) is 4.83. The molecule has 3 nitrogen and oxygen atoms in total. The van der Waals surface area contributed by atoms with Gasteiger partial charge in [-0.2, -0.15) is 0 Å². The van der Waals surface area contributed by atoms with E-state index >= 15 is 0 Å². The third kappa shape index (κ3) is 3.76. The van der Waals surface area contributed by atoms with E-state index in [0.717, 1.165) is 16.7 Å². The lowest BCUT2D eigenvalue weighted by molar-refractivity contribution is -0.112. The van der Waals surface area contributed by atoms with Gasteiger partial charge in [0.15, 0.2) is 17.3 Å². The van der Waals surface area contributed by atoms with Crippen molar-refractivity contribution in [1.29, 1.82) is 0 Å². The van der Waals surface area contributed by atoms with Gasteiger partial charge in [-0.15, -0.1) is 0 Å². The summed E-state index contributed by atoms with van der Waals surface area (Å²) < 4.78 is 10.9. The van der Waals surface area contributed by atoms with E-state index in [1.54, 1.807) is 20.1 Å². The zero-order chi connectivity index (χ0) is 15.9. The first-order chi connectivity index (χ1) is 10.7. The van der Waals surface area contributed by atoms with Gasteiger partial charge in [0.1, 0.15) is 0 Å².